The molecule has 0 saturated heterocycles. The third kappa shape index (κ3) is 2.91. The van der Waals surface area contributed by atoms with Crippen LogP contribution < -0.4 is 5.73 Å². The first-order valence-electron chi connectivity index (χ1n) is 4.73. The summed E-state index contributed by atoms with van der Waals surface area (Å²) in [5.74, 6) is 0. The van der Waals surface area contributed by atoms with Gasteiger partial charge in [-0.3, -0.25) is 0 Å². The SMILES string of the molecule is Br.NC(c1ccccc1)c1ccccc1. The molecule has 0 saturated carbocycles. The molecule has 0 aliphatic heterocycles. The maximum absolute atomic E-state index is 6.12. The highest BCUT2D eigenvalue weighted by molar-refractivity contribution is 8.93. The Morgan fingerprint density at radius 1 is 0.667 bits per heavy atom. The summed E-state index contributed by atoms with van der Waals surface area (Å²) in [6.07, 6.45) is 0. The van der Waals surface area contributed by atoms with Gasteiger partial charge in [-0.1, -0.05) is 60.7 Å². The van der Waals surface area contributed by atoms with Crippen molar-refractivity contribution in [2.45, 2.75) is 6.04 Å². The van der Waals surface area contributed by atoms with E-state index in [1.807, 2.05) is 36.4 Å². The van der Waals surface area contributed by atoms with Crippen LogP contribution in [0, 0.1) is 0 Å². The van der Waals surface area contributed by atoms with E-state index in [-0.39, 0.29) is 23.0 Å². The van der Waals surface area contributed by atoms with Gasteiger partial charge >= 0.3 is 0 Å². The lowest BCUT2D eigenvalue weighted by molar-refractivity contribution is 0.871. The van der Waals surface area contributed by atoms with Crippen LogP contribution in [0.2, 0.25) is 0 Å². The lowest BCUT2D eigenvalue weighted by atomic mass is 10.00. The van der Waals surface area contributed by atoms with Crippen LogP contribution in [0.15, 0.2) is 60.7 Å². The van der Waals surface area contributed by atoms with Crippen LogP contribution >= 0.6 is 17.0 Å². The molecule has 0 aliphatic rings. The van der Waals surface area contributed by atoms with Crippen LogP contribution in [-0.4, -0.2) is 0 Å². The summed E-state index contributed by atoms with van der Waals surface area (Å²) < 4.78 is 0. The summed E-state index contributed by atoms with van der Waals surface area (Å²) in [5, 5.41) is 0. The monoisotopic (exact) mass is 263 g/mol. The minimum atomic E-state index is -0.0163. The fraction of sp³-hybridized carbons (Fsp3) is 0.0769. The minimum absolute atomic E-state index is 0. The molecule has 0 unspecified atom stereocenters. The summed E-state index contributed by atoms with van der Waals surface area (Å²) in [7, 11) is 0. The van der Waals surface area contributed by atoms with Crippen molar-refractivity contribution < 1.29 is 0 Å². The zero-order valence-corrected chi connectivity index (χ0v) is 10.0. The van der Waals surface area contributed by atoms with Crippen molar-refractivity contribution >= 4 is 17.0 Å². The van der Waals surface area contributed by atoms with Crippen LogP contribution in [-0.2, 0) is 0 Å². The zero-order valence-electron chi connectivity index (χ0n) is 8.34. The molecule has 0 fully saturated rings. The first-order chi connectivity index (χ1) is 6.88. The summed E-state index contributed by atoms with van der Waals surface area (Å²) in [5.41, 5.74) is 8.42. The Hall–Kier alpha value is -1.12. The zero-order chi connectivity index (χ0) is 9.80. The Morgan fingerprint density at radius 3 is 1.33 bits per heavy atom. The predicted molar refractivity (Wildman–Crippen MR) is 69.2 cm³/mol. The molecule has 0 atom stereocenters. The quantitative estimate of drug-likeness (QED) is 0.884. The van der Waals surface area contributed by atoms with Crippen LogP contribution in [0.5, 0.6) is 0 Å². The summed E-state index contributed by atoms with van der Waals surface area (Å²) in [6.45, 7) is 0. The lowest BCUT2D eigenvalue weighted by Crippen LogP contribution is -2.11. The highest BCUT2D eigenvalue weighted by atomic mass is 79.9. The molecule has 0 heterocycles. The van der Waals surface area contributed by atoms with Crippen LogP contribution in [0.25, 0.3) is 0 Å². The predicted octanol–water partition coefficient (Wildman–Crippen LogP) is 3.31. The fourth-order valence-electron chi connectivity index (χ4n) is 1.51. The molecule has 0 amide bonds. The maximum atomic E-state index is 6.12. The topological polar surface area (TPSA) is 26.0 Å². The van der Waals surface area contributed by atoms with Gasteiger partial charge in [-0.05, 0) is 11.1 Å². The average Bonchev–Trinajstić information content (AvgIpc) is 2.30. The van der Waals surface area contributed by atoms with E-state index in [4.69, 9.17) is 5.73 Å². The van der Waals surface area contributed by atoms with E-state index < -0.39 is 0 Å². The average molecular weight is 264 g/mol. The number of rotatable bonds is 2. The third-order valence-corrected chi connectivity index (χ3v) is 2.32. The van der Waals surface area contributed by atoms with Gasteiger partial charge in [-0.2, -0.15) is 0 Å². The smallest absolute Gasteiger partial charge is 0.0551 e. The van der Waals surface area contributed by atoms with Gasteiger partial charge in [0.25, 0.3) is 0 Å². The molecule has 0 aromatic heterocycles. The second-order valence-electron chi connectivity index (χ2n) is 3.30. The largest absolute Gasteiger partial charge is 0.320 e. The molecule has 0 aliphatic carbocycles. The Morgan fingerprint density at radius 2 is 1.00 bits per heavy atom. The van der Waals surface area contributed by atoms with Gasteiger partial charge in [0.15, 0.2) is 0 Å². The van der Waals surface area contributed by atoms with Gasteiger partial charge < -0.3 is 5.73 Å². The highest BCUT2D eigenvalue weighted by Crippen LogP contribution is 2.18. The number of nitrogens with two attached hydrogens (primary N) is 1. The third-order valence-electron chi connectivity index (χ3n) is 2.32. The Bertz CT molecular complexity index is 346. The van der Waals surface area contributed by atoms with Crippen LogP contribution in [0.4, 0.5) is 0 Å². The molecule has 78 valence electrons. The lowest BCUT2D eigenvalue weighted by Gasteiger charge is -2.11. The second-order valence-corrected chi connectivity index (χ2v) is 3.30. The van der Waals surface area contributed by atoms with Gasteiger partial charge in [0, 0.05) is 0 Å². The van der Waals surface area contributed by atoms with Crippen molar-refractivity contribution in [3.8, 4) is 0 Å². The highest BCUT2D eigenvalue weighted by Gasteiger charge is 2.06. The van der Waals surface area contributed by atoms with Gasteiger partial charge in [-0.15, -0.1) is 17.0 Å². The second kappa shape index (κ2) is 5.69. The molecule has 0 bridgehead atoms. The molecule has 0 spiro atoms. The molecule has 2 N–H and O–H groups in total. The Kier molecular flexibility index (Phi) is 4.53. The van der Waals surface area contributed by atoms with Crippen molar-refractivity contribution in [1.82, 2.24) is 0 Å². The van der Waals surface area contributed by atoms with E-state index in [0.717, 1.165) is 11.1 Å². The molecule has 0 radical (unpaired) electrons. The van der Waals surface area contributed by atoms with Crippen molar-refractivity contribution in [1.29, 1.82) is 0 Å². The van der Waals surface area contributed by atoms with E-state index in [2.05, 4.69) is 24.3 Å². The van der Waals surface area contributed by atoms with Gasteiger partial charge in [0.05, 0.1) is 6.04 Å². The van der Waals surface area contributed by atoms with Crippen LogP contribution in [0.3, 0.4) is 0 Å². The van der Waals surface area contributed by atoms with Crippen LogP contribution in [0.1, 0.15) is 17.2 Å². The molecule has 2 aromatic rings. The maximum Gasteiger partial charge on any atom is 0.0551 e. The Balaban J connectivity index is 0.00000112. The first-order valence-corrected chi connectivity index (χ1v) is 4.73. The molecule has 2 aromatic carbocycles. The van der Waals surface area contributed by atoms with Gasteiger partial charge in [0.1, 0.15) is 0 Å². The van der Waals surface area contributed by atoms with Gasteiger partial charge in [0.2, 0.25) is 0 Å². The minimum Gasteiger partial charge on any atom is -0.320 e. The normalized spacial score (nSPS) is 9.73. The molecule has 15 heavy (non-hydrogen) atoms. The van der Waals surface area contributed by atoms with E-state index in [1.165, 1.54) is 0 Å². The van der Waals surface area contributed by atoms with Crippen molar-refractivity contribution in [2.24, 2.45) is 5.73 Å². The van der Waals surface area contributed by atoms with E-state index >= 15 is 0 Å². The molecular formula is C13H14BrN. The summed E-state index contributed by atoms with van der Waals surface area (Å²) >= 11 is 0. The summed E-state index contributed by atoms with van der Waals surface area (Å²) in [4.78, 5) is 0. The van der Waals surface area contributed by atoms with Gasteiger partial charge in [-0.25, -0.2) is 0 Å². The molecule has 2 rings (SSSR count). The fourth-order valence-corrected chi connectivity index (χ4v) is 1.51. The Labute approximate surface area is 101 Å². The molecular weight excluding hydrogens is 250 g/mol. The van der Waals surface area contributed by atoms with Crippen molar-refractivity contribution in [2.75, 3.05) is 0 Å². The first kappa shape index (κ1) is 12.0. The van der Waals surface area contributed by atoms with Crippen molar-refractivity contribution in [3.05, 3.63) is 71.8 Å². The number of benzene rings is 2. The van der Waals surface area contributed by atoms with E-state index in [0.29, 0.717) is 0 Å². The summed E-state index contributed by atoms with van der Waals surface area (Å²) in [6, 6.07) is 20.2. The van der Waals surface area contributed by atoms with E-state index in [1.54, 1.807) is 0 Å². The number of halogens is 1. The number of hydrogen-bond acceptors (Lipinski definition) is 1. The van der Waals surface area contributed by atoms with Crippen molar-refractivity contribution in [3.63, 3.8) is 0 Å². The molecule has 2 heteroatoms. The van der Waals surface area contributed by atoms with E-state index in [9.17, 15) is 0 Å². The standard InChI is InChI=1S/C13H13N.BrH/c14-13(11-7-3-1-4-8-11)12-9-5-2-6-10-12;/h1-10,13H,14H2;1H. The number of hydrogen-bond donors (Lipinski definition) is 1. The molecule has 1 nitrogen and oxygen atoms in total.